The van der Waals surface area contributed by atoms with Crippen molar-refractivity contribution in [2.24, 2.45) is 0 Å². The van der Waals surface area contributed by atoms with Gasteiger partial charge >= 0.3 is 0 Å². The first-order chi connectivity index (χ1) is 11.5. The van der Waals surface area contributed by atoms with Crippen LogP contribution in [0.25, 0.3) is 11.3 Å². The summed E-state index contributed by atoms with van der Waals surface area (Å²) in [6, 6.07) is 11.7. The van der Waals surface area contributed by atoms with Crippen LogP contribution in [0.5, 0.6) is 0 Å². The Morgan fingerprint density at radius 3 is 2.54 bits per heavy atom. The van der Waals surface area contributed by atoms with Gasteiger partial charge in [0, 0.05) is 25.4 Å². The Hall–Kier alpha value is -2.41. The Balaban J connectivity index is 1.97. The maximum absolute atomic E-state index is 11.8. The molecule has 24 heavy (non-hydrogen) atoms. The van der Waals surface area contributed by atoms with E-state index < -0.39 is 0 Å². The standard InChI is InChI=1S/C17H20N4O2S/c1-12-9-14(13-7-5-4-6-8-13)20-17(19-12)24-11-15(22)18-10-16(23)21(2)3/h4-9H,10-11H2,1-3H3,(H,18,22). The lowest BCUT2D eigenvalue weighted by atomic mass is 10.1. The van der Waals surface area contributed by atoms with Crippen molar-refractivity contribution in [3.63, 3.8) is 0 Å². The van der Waals surface area contributed by atoms with Gasteiger partial charge in [0.15, 0.2) is 5.16 Å². The Bertz CT molecular complexity index is 720. The molecular formula is C17H20N4O2S. The lowest BCUT2D eigenvalue weighted by Gasteiger charge is -2.10. The van der Waals surface area contributed by atoms with E-state index in [1.54, 1.807) is 14.1 Å². The van der Waals surface area contributed by atoms with Crippen LogP contribution < -0.4 is 5.32 Å². The molecule has 0 saturated carbocycles. The molecule has 1 aromatic heterocycles. The second-order valence-corrected chi connectivity index (χ2v) is 6.34. The molecule has 1 N–H and O–H groups in total. The summed E-state index contributed by atoms with van der Waals surface area (Å²) < 4.78 is 0. The van der Waals surface area contributed by atoms with Gasteiger partial charge in [-0.1, -0.05) is 42.1 Å². The minimum Gasteiger partial charge on any atom is -0.347 e. The van der Waals surface area contributed by atoms with Gasteiger partial charge in [0.1, 0.15) is 0 Å². The van der Waals surface area contributed by atoms with Crippen molar-refractivity contribution < 1.29 is 9.59 Å². The van der Waals surface area contributed by atoms with Crippen LogP contribution in [0.15, 0.2) is 41.6 Å². The molecule has 0 bridgehead atoms. The van der Waals surface area contributed by atoms with Crippen LogP contribution in [-0.2, 0) is 9.59 Å². The number of aryl methyl sites for hydroxylation is 1. The van der Waals surface area contributed by atoms with Gasteiger partial charge in [0.25, 0.3) is 0 Å². The summed E-state index contributed by atoms with van der Waals surface area (Å²) in [5.41, 5.74) is 2.68. The highest BCUT2D eigenvalue weighted by Crippen LogP contribution is 2.21. The number of benzene rings is 1. The summed E-state index contributed by atoms with van der Waals surface area (Å²) in [5.74, 6) is -0.202. The van der Waals surface area contributed by atoms with Crippen LogP contribution in [0.2, 0.25) is 0 Å². The first kappa shape index (κ1) is 17.9. The highest BCUT2D eigenvalue weighted by Gasteiger charge is 2.10. The minimum absolute atomic E-state index is 0.00364. The van der Waals surface area contributed by atoms with E-state index in [0.29, 0.717) is 5.16 Å². The molecule has 0 spiro atoms. The molecule has 0 saturated heterocycles. The summed E-state index contributed by atoms with van der Waals surface area (Å²) in [5, 5.41) is 3.13. The van der Waals surface area contributed by atoms with Crippen molar-refractivity contribution in [2.45, 2.75) is 12.1 Å². The Kier molecular flexibility index (Phi) is 6.31. The van der Waals surface area contributed by atoms with Crippen molar-refractivity contribution in [1.82, 2.24) is 20.2 Å². The third kappa shape index (κ3) is 5.34. The van der Waals surface area contributed by atoms with Gasteiger partial charge in [-0.15, -0.1) is 0 Å². The topological polar surface area (TPSA) is 75.2 Å². The molecule has 2 amide bonds. The van der Waals surface area contributed by atoms with Crippen molar-refractivity contribution in [2.75, 3.05) is 26.4 Å². The molecule has 0 atom stereocenters. The first-order valence-corrected chi connectivity index (χ1v) is 8.45. The molecule has 126 valence electrons. The number of thioether (sulfide) groups is 1. The van der Waals surface area contributed by atoms with Gasteiger partial charge < -0.3 is 10.2 Å². The maximum atomic E-state index is 11.8. The van der Waals surface area contributed by atoms with E-state index in [1.807, 2.05) is 43.3 Å². The number of carbonyl (C=O) groups excluding carboxylic acids is 2. The molecule has 0 aliphatic carbocycles. The Morgan fingerprint density at radius 2 is 1.88 bits per heavy atom. The second-order valence-electron chi connectivity index (χ2n) is 5.40. The van der Waals surface area contributed by atoms with Crippen LogP contribution in [0.4, 0.5) is 0 Å². The first-order valence-electron chi connectivity index (χ1n) is 7.46. The van der Waals surface area contributed by atoms with E-state index in [0.717, 1.165) is 17.0 Å². The average molecular weight is 344 g/mol. The van der Waals surface area contributed by atoms with E-state index in [-0.39, 0.29) is 24.1 Å². The third-order valence-corrected chi connectivity index (χ3v) is 4.02. The van der Waals surface area contributed by atoms with E-state index in [4.69, 9.17) is 0 Å². The Morgan fingerprint density at radius 1 is 1.17 bits per heavy atom. The number of aromatic nitrogens is 2. The molecule has 1 aromatic carbocycles. The molecule has 0 fully saturated rings. The molecule has 0 unspecified atom stereocenters. The largest absolute Gasteiger partial charge is 0.347 e. The van der Waals surface area contributed by atoms with E-state index >= 15 is 0 Å². The van der Waals surface area contributed by atoms with Crippen LogP contribution in [0.1, 0.15) is 5.69 Å². The predicted molar refractivity (Wildman–Crippen MR) is 94.6 cm³/mol. The summed E-state index contributed by atoms with van der Waals surface area (Å²) in [4.78, 5) is 33.6. The second kappa shape index (κ2) is 8.44. The monoisotopic (exact) mass is 344 g/mol. The zero-order valence-corrected chi connectivity index (χ0v) is 14.8. The fourth-order valence-corrected chi connectivity index (χ4v) is 2.61. The van der Waals surface area contributed by atoms with Crippen molar-refractivity contribution in [3.05, 3.63) is 42.1 Å². The number of rotatable bonds is 6. The number of carbonyl (C=O) groups is 2. The van der Waals surface area contributed by atoms with Crippen molar-refractivity contribution in [1.29, 1.82) is 0 Å². The fraction of sp³-hybridized carbons (Fsp3) is 0.294. The van der Waals surface area contributed by atoms with E-state index in [9.17, 15) is 9.59 Å². The highest BCUT2D eigenvalue weighted by molar-refractivity contribution is 7.99. The van der Waals surface area contributed by atoms with Crippen LogP contribution >= 0.6 is 11.8 Å². The zero-order chi connectivity index (χ0) is 17.5. The highest BCUT2D eigenvalue weighted by atomic mass is 32.2. The minimum atomic E-state index is -0.221. The predicted octanol–water partition coefficient (Wildman–Crippen LogP) is 1.75. The van der Waals surface area contributed by atoms with Gasteiger partial charge in [-0.25, -0.2) is 9.97 Å². The molecule has 2 rings (SSSR count). The van der Waals surface area contributed by atoms with E-state index in [1.165, 1.54) is 16.7 Å². The van der Waals surface area contributed by atoms with Gasteiger partial charge in [0.2, 0.25) is 11.8 Å². The normalized spacial score (nSPS) is 10.3. The number of nitrogens with one attached hydrogen (secondary N) is 1. The van der Waals surface area contributed by atoms with Crippen LogP contribution in [0.3, 0.4) is 0 Å². The summed E-state index contributed by atoms with van der Waals surface area (Å²) in [6.45, 7) is 1.89. The van der Waals surface area contributed by atoms with E-state index in [2.05, 4.69) is 15.3 Å². The molecule has 6 nitrogen and oxygen atoms in total. The molecule has 2 aromatic rings. The number of hydrogen-bond donors (Lipinski definition) is 1. The van der Waals surface area contributed by atoms with Gasteiger partial charge in [-0.2, -0.15) is 0 Å². The Labute approximate surface area is 145 Å². The van der Waals surface area contributed by atoms with Gasteiger partial charge in [0.05, 0.1) is 18.0 Å². The lowest BCUT2D eigenvalue weighted by molar-refractivity contribution is -0.130. The zero-order valence-electron chi connectivity index (χ0n) is 13.9. The summed E-state index contributed by atoms with van der Waals surface area (Å²) in [6.07, 6.45) is 0. The maximum Gasteiger partial charge on any atom is 0.241 e. The third-order valence-electron chi connectivity index (χ3n) is 3.17. The number of nitrogens with zero attached hydrogens (tertiary/aromatic N) is 3. The molecule has 0 radical (unpaired) electrons. The molecule has 0 aliphatic rings. The SMILES string of the molecule is Cc1cc(-c2ccccc2)nc(SCC(=O)NCC(=O)N(C)C)n1. The smallest absolute Gasteiger partial charge is 0.241 e. The molecule has 7 heteroatoms. The molecule has 0 aliphatic heterocycles. The fourth-order valence-electron chi connectivity index (χ4n) is 1.88. The van der Waals surface area contributed by atoms with Gasteiger partial charge in [-0.05, 0) is 13.0 Å². The van der Waals surface area contributed by atoms with Crippen LogP contribution in [0, 0.1) is 6.92 Å². The quantitative estimate of drug-likeness (QED) is 0.638. The number of hydrogen-bond acceptors (Lipinski definition) is 5. The summed E-state index contributed by atoms with van der Waals surface area (Å²) >= 11 is 1.25. The number of amides is 2. The molecule has 1 heterocycles. The number of likely N-dealkylation sites (N-methyl/N-ethyl adjacent to an activating group) is 1. The van der Waals surface area contributed by atoms with Crippen LogP contribution in [-0.4, -0.2) is 53.1 Å². The average Bonchev–Trinajstić information content (AvgIpc) is 2.58. The summed E-state index contributed by atoms with van der Waals surface area (Å²) in [7, 11) is 3.30. The van der Waals surface area contributed by atoms with Gasteiger partial charge in [-0.3, -0.25) is 9.59 Å². The van der Waals surface area contributed by atoms with Crippen molar-refractivity contribution in [3.8, 4) is 11.3 Å². The lowest BCUT2D eigenvalue weighted by Crippen LogP contribution is -2.37. The molecular weight excluding hydrogens is 324 g/mol. The van der Waals surface area contributed by atoms with Crippen molar-refractivity contribution >= 4 is 23.6 Å².